The van der Waals surface area contributed by atoms with E-state index < -0.39 is 22.7 Å². The molecule has 3 aliphatic rings. The minimum atomic E-state index is -1.15. The van der Waals surface area contributed by atoms with Crippen molar-refractivity contribution in [1.82, 2.24) is 30.1 Å². The maximum absolute atomic E-state index is 14.5. The lowest BCUT2D eigenvalue weighted by atomic mass is 9.66. The lowest BCUT2D eigenvalue weighted by Crippen LogP contribution is -2.47. The molecule has 0 radical (unpaired) electrons. The van der Waals surface area contributed by atoms with Gasteiger partial charge in [-0.05, 0) is 54.0 Å². The Morgan fingerprint density at radius 2 is 1.74 bits per heavy atom. The fourth-order valence-electron chi connectivity index (χ4n) is 6.60. The van der Waals surface area contributed by atoms with E-state index in [1.807, 2.05) is 6.07 Å². The largest absolute Gasteiger partial charge is 0.377 e. The van der Waals surface area contributed by atoms with Crippen LogP contribution in [0.15, 0.2) is 48.9 Å². The summed E-state index contributed by atoms with van der Waals surface area (Å²) in [6.07, 6.45) is 6.64. The quantitative estimate of drug-likeness (QED) is 0.434. The van der Waals surface area contributed by atoms with Gasteiger partial charge in [0.2, 0.25) is 0 Å². The van der Waals surface area contributed by atoms with Gasteiger partial charge in [-0.25, -0.2) is 28.7 Å². The van der Waals surface area contributed by atoms with Crippen molar-refractivity contribution in [3.8, 4) is 22.6 Å². The van der Waals surface area contributed by atoms with Crippen molar-refractivity contribution in [3.63, 3.8) is 0 Å². The van der Waals surface area contributed by atoms with Crippen LogP contribution in [0, 0.1) is 17.0 Å². The zero-order chi connectivity index (χ0) is 26.3. The Bertz CT molecular complexity index is 1570. The highest BCUT2D eigenvalue weighted by Gasteiger charge is 2.65. The molecule has 2 atom stereocenters. The van der Waals surface area contributed by atoms with Crippen LogP contribution in [-0.4, -0.2) is 48.5 Å². The van der Waals surface area contributed by atoms with Gasteiger partial charge in [0.15, 0.2) is 17.2 Å². The van der Waals surface area contributed by atoms with Crippen LogP contribution in [0.3, 0.4) is 0 Å². The van der Waals surface area contributed by atoms with E-state index in [1.54, 1.807) is 24.7 Å². The maximum Gasteiger partial charge on any atom is 0.170 e. The fraction of sp³-hybridized carbons (Fsp3) is 0.357. The first-order valence-corrected chi connectivity index (χ1v) is 12.5. The van der Waals surface area contributed by atoms with E-state index >= 15 is 0 Å². The summed E-state index contributed by atoms with van der Waals surface area (Å²) in [4.78, 5) is 18.1. The van der Waals surface area contributed by atoms with Gasteiger partial charge in [0, 0.05) is 18.6 Å². The summed E-state index contributed by atoms with van der Waals surface area (Å²) in [5.41, 5.74) is 1.25. The van der Waals surface area contributed by atoms with Gasteiger partial charge in [0.1, 0.15) is 11.6 Å². The molecule has 1 aliphatic heterocycles. The molecule has 0 amide bonds. The van der Waals surface area contributed by atoms with Gasteiger partial charge in [-0.15, -0.1) is 5.10 Å². The van der Waals surface area contributed by atoms with Crippen LogP contribution in [0.2, 0.25) is 0 Å². The van der Waals surface area contributed by atoms with Crippen LogP contribution in [0.1, 0.15) is 55.4 Å². The van der Waals surface area contributed by atoms with Gasteiger partial charge >= 0.3 is 0 Å². The van der Waals surface area contributed by atoms with Crippen molar-refractivity contribution >= 4 is 0 Å². The van der Waals surface area contributed by atoms with E-state index in [0.717, 1.165) is 29.8 Å². The monoisotopic (exact) mass is 514 g/mol. The molecular weight excluding hydrogens is 490 g/mol. The van der Waals surface area contributed by atoms with Gasteiger partial charge in [0.05, 0.1) is 46.8 Å². The Morgan fingerprint density at radius 3 is 2.42 bits per heavy atom. The Morgan fingerprint density at radius 1 is 1.00 bits per heavy atom. The molecule has 1 N–H and O–H groups in total. The van der Waals surface area contributed by atoms with Crippen LogP contribution >= 0.6 is 0 Å². The van der Waals surface area contributed by atoms with Gasteiger partial charge in [-0.1, -0.05) is 19.9 Å². The van der Waals surface area contributed by atoms with Crippen LogP contribution in [0.5, 0.6) is 0 Å². The van der Waals surface area contributed by atoms with Crippen molar-refractivity contribution in [2.75, 3.05) is 13.2 Å². The van der Waals surface area contributed by atoms with Gasteiger partial charge in [0.25, 0.3) is 0 Å². The zero-order valence-electron chi connectivity index (χ0n) is 20.8. The lowest BCUT2D eigenvalue weighted by Gasteiger charge is -2.37. The van der Waals surface area contributed by atoms with E-state index in [1.165, 1.54) is 18.2 Å². The Kier molecular flexibility index (Phi) is 4.84. The minimum Gasteiger partial charge on any atom is -0.377 e. The second-order valence-corrected chi connectivity index (χ2v) is 10.9. The number of benzene rings is 1. The summed E-state index contributed by atoms with van der Waals surface area (Å²) in [5, 5.41) is 19.3. The number of rotatable bonds is 4. The molecule has 7 rings (SSSR count). The molecule has 1 saturated carbocycles. The van der Waals surface area contributed by atoms with E-state index in [0.29, 0.717) is 17.2 Å². The van der Waals surface area contributed by atoms with Gasteiger partial charge in [-0.3, -0.25) is 0 Å². The first-order chi connectivity index (χ1) is 18.2. The minimum absolute atomic E-state index is 0.132. The number of fused-ring (bicyclic) bond motifs is 5. The lowest BCUT2D eigenvalue weighted by molar-refractivity contribution is -0.189. The number of halogens is 2. The molecule has 10 heteroatoms. The smallest absolute Gasteiger partial charge is 0.170 e. The molecule has 2 fully saturated rings. The summed E-state index contributed by atoms with van der Waals surface area (Å²) in [6, 6.07) is 7.48. The number of hydrogen-bond donors (Lipinski definition) is 1. The molecule has 2 bridgehead atoms. The van der Waals surface area contributed by atoms with Gasteiger partial charge in [-0.2, -0.15) is 5.10 Å². The SMILES string of the molecule is CC1(C)[C@H]2CCC1(c1ccnc(-c3cnc(C4(O)COC4)nc3)n1)c1nnc(-c3c(F)cccc3F)cc12. The highest BCUT2D eigenvalue weighted by molar-refractivity contribution is 5.64. The van der Waals surface area contributed by atoms with Crippen LogP contribution in [-0.2, 0) is 15.8 Å². The molecule has 3 aromatic heterocycles. The van der Waals surface area contributed by atoms with Crippen LogP contribution in [0.25, 0.3) is 22.6 Å². The molecule has 4 aromatic rings. The Labute approximate surface area is 217 Å². The van der Waals surface area contributed by atoms with Crippen molar-refractivity contribution in [2.24, 2.45) is 5.41 Å². The molecule has 1 aromatic carbocycles. The number of ether oxygens (including phenoxy) is 1. The summed E-state index contributed by atoms with van der Waals surface area (Å²) < 4.78 is 34.2. The second-order valence-electron chi connectivity index (χ2n) is 10.9. The first kappa shape index (κ1) is 23.4. The average Bonchev–Trinajstić information content (AvgIpc) is 3.28. The van der Waals surface area contributed by atoms with Crippen molar-refractivity contribution < 1.29 is 18.6 Å². The molecular formula is C28H24F2N6O2. The molecule has 38 heavy (non-hydrogen) atoms. The highest BCUT2D eigenvalue weighted by Crippen LogP contribution is 2.69. The number of hydrogen-bond acceptors (Lipinski definition) is 8. The predicted molar refractivity (Wildman–Crippen MR) is 132 cm³/mol. The standard InChI is InChI=1S/C28H24F2N6O2/c1-26(2)17-6-8-28(26,23-16(17)10-20(35-36-23)22-18(29)4-3-5-19(22)30)21-7-9-31-24(34-21)15-11-32-25(33-12-15)27(37)13-38-14-27/h3-5,7,9-12,17,37H,6,8,13-14H2,1-2H3/t17-,28?/m0/s1. The predicted octanol–water partition coefficient (Wildman–Crippen LogP) is 4.09. The van der Waals surface area contributed by atoms with Crippen LogP contribution in [0.4, 0.5) is 8.78 Å². The van der Waals surface area contributed by atoms with E-state index in [-0.39, 0.29) is 35.8 Å². The maximum atomic E-state index is 14.5. The Hall–Kier alpha value is -3.76. The second kappa shape index (κ2) is 7.87. The molecule has 1 unspecified atom stereocenters. The van der Waals surface area contributed by atoms with Crippen molar-refractivity contribution in [2.45, 2.75) is 43.6 Å². The molecule has 2 aliphatic carbocycles. The highest BCUT2D eigenvalue weighted by atomic mass is 19.1. The van der Waals surface area contributed by atoms with E-state index in [9.17, 15) is 13.9 Å². The number of aromatic nitrogens is 6. The molecule has 1 saturated heterocycles. The molecule has 4 heterocycles. The summed E-state index contributed by atoms with van der Waals surface area (Å²) >= 11 is 0. The fourth-order valence-corrected chi connectivity index (χ4v) is 6.60. The molecule has 192 valence electrons. The summed E-state index contributed by atoms with van der Waals surface area (Å²) in [6.45, 7) is 4.72. The van der Waals surface area contributed by atoms with E-state index in [2.05, 4.69) is 39.0 Å². The Balaban J connectivity index is 1.31. The van der Waals surface area contributed by atoms with Gasteiger partial charge < -0.3 is 9.84 Å². The summed E-state index contributed by atoms with van der Waals surface area (Å²) in [5.74, 6) is -0.424. The first-order valence-electron chi connectivity index (χ1n) is 12.5. The average molecular weight is 515 g/mol. The third-order valence-electron chi connectivity index (χ3n) is 8.70. The topological polar surface area (TPSA) is 107 Å². The number of aliphatic hydroxyl groups is 1. The van der Waals surface area contributed by atoms with Crippen molar-refractivity contribution in [1.29, 1.82) is 0 Å². The summed E-state index contributed by atoms with van der Waals surface area (Å²) in [7, 11) is 0. The zero-order valence-corrected chi connectivity index (χ0v) is 20.8. The normalized spacial score (nSPS) is 24.2. The third kappa shape index (κ3) is 3.01. The van der Waals surface area contributed by atoms with Crippen molar-refractivity contribution in [3.05, 3.63) is 83.3 Å². The van der Waals surface area contributed by atoms with E-state index in [4.69, 9.17) is 9.72 Å². The number of nitrogens with zero attached hydrogens (tertiary/aromatic N) is 6. The van der Waals surface area contributed by atoms with Crippen LogP contribution < -0.4 is 0 Å². The molecule has 0 spiro atoms. The molecule has 8 nitrogen and oxygen atoms in total. The third-order valence-corrected chi connectivity index (χ3v) is 8.70.